The van der Waals surface area contributed by atoms with Gasteiger partial charge in [0.1, 0.15) is 5.75 Å². The highest BCUT2D eigenvalue weighted by atomic mass is 35.5. The summed E-state index contributed by atoms with van der Waals surface area (Å²) in [4.78, 5) is 22.4. The maximum Gasteiger partial charge on any atom is 0.347 e. The Morgan fingerprint density at radius 3 is 2.28 bits per heavy atom. The lowest BCUT2D eigenvalue weighted by Gasteiger charge is -2.21. The molecule has 0 unspecified atom stereocenters. The Bertz CT molecular complexity index is 437. The van der Waals surface area contributed by atoms with Crippen LogP contribution < -0.4 is 4.74 Å². The van der Waals surface area contributed by atoms with E-state index in [2.05, 4.69) is 0 Å². The molecule has 1 aromatic carbocycles. The molecular formula is C13H15ClO4. The number of benzene rings is 1. The van der Waals surface area contributed by atoms with E-state index in [-0.39, 0.29) is 18.1 Å². The van der Waals surface area contributed by atoms with Gasteiger partial charge >= 0.3 is 5.97 Å². The largest absolute Gasteiger partial charge is 0.478 e. The molecule has 0 spiro atoms. The molecule has 0 saturated heterocycles. The van der Waals surface area contributed by atoms with Crippen LogP contribution in [0.4, 0.5) is 0 Å². The van der Waals surface area contributed by atoms with Crippen LogP contribution in [0.25, 0.3) is 0 Å². The van der Waals surface area contributed by atoms with Crippen LogP contribution in [0.15, 0.2) is 24.3 Å². The summed E-state index contributed by atoms with van der Waals surface area (Å²) in [5.74, 6) is -0.410. The van der Waals surface area contributed by atoms with Gasteiger partial charge in [-0.15, -0.1) is 11.6 Å². The third-order valence-electron chi connectivity index (χ3n) is 2.39. The Kier molecular flexibility index (Phi) is 4.73. The molecule has 0 amide bonds. The maximum atomic E-state index is 11.5. The van der Waals surface area contributed by atoms with Crippen LogP contribution in [0.5, 0.6) is 5.75 Å². The first-order chi connectivity index (χ1) is 8.36. The molecule has 4 nitrogen and oxygen atoms in total. The van der Waals surface area contributed by atoms with Crippen LogP contribution in [0.3, 0.4) is 0 Å². The zero-order valence-corrected chi connectivity index (χ0v) is 11.0. The fourth-order valence-electron chi connectivity index (χ4n) is 1.28. The minimum Gasteiger partial charge on any atom is -0.478 e. The molecule has 0 heterocycles. The summed E-state index contributed by atoms with van der Waals surface area (Å²) in [6.07, 6.45) is 0.280. The number of alkyl halides is 1. The zero-order valence-electron chi connectivity index (χ0n) is 10.3. The molecule has 0 saturated carbocycles. The average molecular weight is 271 g/mol. The number of rotatable bonds is 6. The molecule has 0 aliphatic rings. The Hall–Kier alpha value is -1.55. The summed E-state index contributed by atoms with van der Waals surface area (Å²) in [6, 6.07) is 6.35. The number of halogens is 1. The summed E-state index contributed by atoms with van der Waals surface area (Å²) in [5.41, 5.74) is -0.766. The van der Waals surface area contributed by atoms with Gasteiger partial charge in [-0.3, -0.25) is 4.79 Å². The third kappa shape index (κ3) is 3.74. The van der Waals surface area contributed by atoms with E-state index in [4.69, 9.17) is 21.4 Å². The molecule has 0 aromatic heterocycles. The van der Waals surface area contributed by atoms with Crippen LogP contribution >= 0.6 is 11.6 Å². The van der Waals surface area contributed by atoms with Gasteiger partial charge in [0.05, 0.1) is 0 Å². The number of carbonyl (C=O) groups is 2. The summed E-state index contributed by atoms with van der Waals surface area (Å²) < 4.78 is 5.32. The van der Waals surface area contributed by atoms with Crippen LogP contribution in [0, 0.1) is 0 Å². The quantitative estimate of drug-likeness (QED) is 0.638. The number of aliphatic carboxylic acids is 1. The number of ether oxygens (including phenoxy) is 1. The second kappa shape index (κ2) is 5.87. The highest BCUT2D eigenvalue weighted by Crippen LogP contribution is 2.19. The standard InChI is InChI=1S/C13H15ClO4/c1-13(2,12(16)17)18-10-5-3-9(4-6-10)11(15)7-8-14/h3-6H,7-8H2,1-2H3,(H,16,17). The number of hydrogen-bond acceptors (Lipinski definition) is 3. The second-order valence-electron chi connectivity index (χ2n) is 4.30. The molecule has 1 N–H and O–H groups in total. The lowest BCUT2D eigenvalue weighted by Crippen LogP contribution is -2.37. The number of carboxylic acids is 1. The average Bonchev–Trinajstić information content (AvgIpc) is 2.29. The van der Waals surface area contributed by atoms with Crippen molar-refractivity contribution < 1.29 is 19.4 Å². The van der Waals surface area contributed by atoms with Gasteiger partial charge in [-0.1, -0.05) is 0 Å². The van der Waals surface area contributed by atoms with Gasteiger partial charge < -0.3 is 9.84 Å². The molecule has 0 aliphatic carbocycles. The summed E-state index contributed by atoms with van der Waals surface area (Å²) >= 11 is 5.49. The van der Waals surface area contributed by atoms with Crippen LogP contribution in [-0.2, 0) is 4.79 Å². The molecule has 98 valence electrons. The Morgan fingerprint density at radius 1 is 1.28 bits per heavy atom. The first-order valence-electron chi connectivity index (χ1n) is 5.48. The molecule has 5 heteroatoms. The van der Waals surface area contributed by atoms with Gasteiger partial charge in [0.15, 0.2) is 11.4 Å². The fourth-order valence-corrected chi connectivity index (χ4v) is 1.45. The number of carbonyl (C=O) groups excluding carboxylic acids is 1. The van der Waals surface area contributed by atoms with Crippen molar-refractivity contribution in [2.45, 2.75) is 25.9 Å². The summed E-state index contributed by atoms with van der Waals surface area (Å²) in [6.45, 7) is 2.92. The van der Waals surface area contributed by atoms with Crippen molar-refractivity contribution in [3.8, 4) is 5.75 Å². The van der Waals surface area contributed by atoms with Crippen molar-refractivity contribution in [2.75, 3.05) is 5.88 Å². The molecule has 0 aliphatic heterocycles. The van der Waals surface area contributed by atoms with E-state index in [1.807, 2.05) is 0 Å². The highest BCUT2D eigenvalue weighted by molar-refractivity contribution is 6.19. The molecule has 0 radical (unpaired) electrons. The van der Waals surface area contributed by atoms with Gasteiger partial charge in [-0.25, -0.2) is 4.79 Å². The molecule has 1 rings (SSSR count). The molecular weight excluding hydrogens is 256 g/mol. The lowest BCUT2D eigenvalue weighted by molar-refractivity contribution is -0.152. The van der Waals surface area contributed by atoms with Gasteiger partial charge in [0.25, 0.3) is 0 Å². The minimum absolute atomic E-state index is 0.0472. The Balaban J connectivity index is 2.78. The third-order valence-corrected chi connectivity index (χ3v) is 2.57. The van der Waals surface area contributed by atoms with Crippen molar-refractivity contribution >= 4 is 23.4 Å². The molecule has 18 heavy (non-hydrogen) atoms. The second-order valence-corrected chi connectivity index (χ2v) is 4.68. The van der Waals surface area contributed by atoms with E-state index in [9.17, 15) is 9.59 Å². The molecule has 0 fully saturated rings. The zero-order chi connectivity index (χ0) is 13.8. The van der Waals surface area contributed by atoms with Crippen molar-refractivity contribution in [3.63, 3.8) is 0 Å². The normalized spacial score (nSPS) is 11.1. The first kappa shape index (κ1) is 14.5. The van der Waals surface area contributed by atoms with E-state index in [0.29, 0.717) is 11.3 Å². The van der Waals surface area contributed by atoms with E-state index >= 15 is 0 Å². The summed E-state index contributed by atoms with van der Waals surface area (Å²) in [7, 11) is 0. The van der Waals surface area contributed by atoms with Gasteiger partial charge in [-0.2, -0.15) is 0 Å². The predicted octanol–water partition coefficient (Wildman–Crippen LogP) is 2.74. The molecule has 0 atom stereocenters. The maximum absolute atomic E-state index is 11.5. The van der Waals surface area contributed by atoms with Crippen LogP contribution in [0.2, 0.25) is 0 Å². The van der Waals surface area contributed by atoms with E-state index in [1.54, 1.807) is 24.3 Å². The number of Topliss-reactive ketones (excluding diaryl/α,β-unsaturated/α-hetero) is 1. The van der Waals surface area contributed by atoms with Crippen molar-refractivity contribution in [1.82, 2.24) is 0 Å². The monoisotopic (exact) mass is 270 g/mol. The topological polar surface area (TPSA) is 63.6 Å². The lowest BCUT2D eigenvalue weighted by atomic mass is 10.1. The predicted molar refractivity (Wildman–Crippen MR) is 68.5 cm³/mol. The molecule has 1 aromatic rings. The van der Waals surface area contributed by atoms with E-state index < -0.39 is 11.6 Å². The van der Waals surface area contributed by atoms with Crippen molar-refractivity contribution in [1.29, 1.82) is 0 Å². The van der Waals surface area contributed by atoms with Gasteiger partial charge in [-0.05, 0) is 38.1 Å². The van der Waals surface area contributed by atoms with Gasteiger partial charge in [0, 0.05) is 17.9 Å². The highest BCUT2D eigenvalue weighted by Gasteiger charge is 2.29. The smallest absolute Gasteiger partial charge is 0.347 e. The van der Waals surface area contributed by atoms with Gasteiger partial charge in [0.2, 0.25) is 0 Å². The SMILES string of the molecule is CC(C)(Oc1ccc(C(=O)CCCl)cc1)C(=O)O. The van der Waals surface area contributed by atoms with E-state index in [0.717, 1.165) is 0 Å². The molecule has 0 bridgehead atoms. The number of ketones is 1. The Morgan fingerprint density at radius 2 is 1.83 bits per heavy atom. The van der Waals surface area contributed by atoms with Crippen molar-refractivity contribution in [3.05, 3.63) is 29.8 Å². The van der Waals surface area contributed by atoms with Crippen LogP contribution in [0.1, 0.15) is 30.6 Å². The van der Waals surface area contributed by atoms with Crippen LogP contribution in [-0.4, -0.2) is 28.3 Å². The van der Waals surface area contributed by atoms with Crippen molar-refractivity contribution in [2.24, 2.45) is 0 Å². The Labute approximate surface area is 111 Å². The number of hydrogen-bond donors (Lipinski definition) is 1. The first-order valence-corrected chi connectivity index (χ1v) is 6.02. The van der Waals surface area contributed by atoms with E-state index in [1.165, 1.54) is 13.8 Å². The number of carboxylic acid groups (broad SMARTS) is 1. The summed E-state index contributed by atoms with van der Waals surface area (Å²) in [5, 5.41) is 8.92. The fraction of sp³-hybridized carbons (Fsp3) is 0.385. The minimum atomic E-state index is -1.30.